The second-order valence-corrected chi connectivity index (χ2v) is 11.1. The highest BCUT2D eigenvalue weighted by Gasteiger charge is 2.81. The van der Waals surface area contributed by atoms with Crippen molar-refractivity contribution in [2.75, 3.05) is 20.2 Å². The molecule has 4 fully saturated rings. The molecule has 4 aliphatic carbocycles. The molecule has 6 aliphatic rings. The minimum atomic E-state index is -0.852. The molecule has 1 aromatic rings. The summed E-state index contributed by atoms with van der Waals surface area (Å²) in [6.07, 6.45) is 6.04. The van der Waals surface area contributed by atoms with Crippen LogP contribution in [0.15, 0.2) is 12.1 Å². The third-order valence-electron chi connectivity index (χ3n) is 9.83. The molecular formula is C25H35NO4. The Labute approximate surface area is 179 Å². The molecule has 2 N–H and O–H groups in total. The van der Waals surface area contributed by atoms with Crippen molar-refractivity contribution < 1.29 is 19.7 Å². The van der Waals surface area contributed by atoms with E-state index in [9.17, 15) is 10.2 Å². The van der Waals surface area contributed by atoms with Crippen LogP contribution in [0, 0.1) is 11.3 Å². The van der Waals surface area contributed by atoms with Crippen molar-refractivity contribution in [2.45, 2.75) is 88.1 Å². The monoisotopic (exact) mass is 413 g/mol. The Bertz CT molecular complexity index is 909. The van der Waals surface area contributed by atoms with E-state index in [4.69, 9.17) is 9.47 Å². The molecule has 0 aromatic heterocycles. The molecule has 2 aliphatic heterocycles. The zero-order valence-corrected chi connectivity index (χ0v) is 18.7. The Kier molecular flexibility index (Phi) is 3.70. The summed E-state index contributed by atoms with van der Waals surface area (Å²) < 4.78 is 13.1. The van der Waals surface area contributed by atoms with Crippen LogP contribution in [0.1, 0.15) is 64.0 Å². The van der Waals surface area contributed by atoms with Crippen molar-refractivity contribution in [3.05, 3.63) is 23.3 Å². The van der Waals surface area contributed by atoms with Crippen molar-refractivity contribution in [3.8, 4) is 11.5 Å². The molecule has 1 saturated heterocycles. The molecule has 0 radical (unpaired) electrons. The molecule has 5 nitrogen and oxygen atoms in total. The summed E-state index contributed by atoms with van der Waals surface area (Å²) in [6, 6.07) is 4.40. The number of methoxy groups -OCH3 is 1. The van der Waals surface area contributed by atoms with E-state index >= 15 is 0 Å². The van der Waals surface area contributed by atoms with Crippen molar-refractivity contribution in [2.24, 2.45) is 11.3 Å². The number of aromatic hydroxyl groups is 1. The number of hydrogen-bond donors (Lipinski definition) is 2. The minimum Gasteiger partial charge on any atom is -0.504 e. The number of rotatable bonds is 4. The second-order valence-electron chi connectivity index (χ2n) is 11.1. The zero-order chi connectivity index (χ0) is 21.1. The number of fused-ring (bicyclic) bond motifs is 2. The summed E-state index contributed by atoms with van der Waals surface area (Å²) in [7, 11) is 1.80. The minimum absolute atomic E-state index is 0.00366. The zero-order valence-electron chi connectivity index (χ0n) is 18.7. The maximum absolute atomic E-state index is 11.3. The maximum atomic E-state index is 11.3. The van der Waals surface area contributed by atoms with E-state index in [1.165, 1.54) is 11.1 Å². The fraction of sp³-hybridized carbons (Fsp3) is 0.760. The molecule has 164 valence electrons. The first kappa shape index (κ1) is 19.4. The molecule has 2 spiro atoms. The Morgan fingerprint density at radius 3 is 2.77 bits per heavy atom. The number of phenolic OH excluding ortho intramolecular Hbond substituents is 1. The Morgan fingerprint density at radius 1 is 1.27 bits per heavy atom. The van der Waals surface area contributed by atoms with Crippen LogP contribution in [0.4, 0.5) is 0 Å². The lowest BCUT2D eigenvalue weighted by atomic mass is 9.34. The van der Waals surface area contributed by atoms with Crippen molar-refractivity contribution in [1.82, 2.24) is 4.90 Å². The predicted molar refractivity (Wildman–Crippen MR) is 114 cm³/mol. The molecule has 0 unspecified atom stereocenters. The number of phenols is 1. The van der Waals surface area contributed by atoms with Gasteiger partial charge in [0.05, 0.1) is 5.60 Å². The van der Waals surface area contributed by atoms with Gasteiger partial charge in [-0.25, -0.2) is 0 Å². The van der Waals surface area contributed by atoms with Gasteiger partial charge >= 0.3 is 0 Å². The fourth-order valence-electron chi connectivity index (χ4n) is 8.94. The van der Waals surface area contributed by atoms with Gasteiger partial charge in [0.1, 0.15) is 11.7 Å². The molecule has 1 aromatic carbocycles. The standard InChI is InChI=1S/C25H35NO4/c1-5-11-26-12-10-24-19-15-6-7-16(27)20(19)30-21(24)25(29-4)9-8-23(24,18(26)13-15)14-17(25)22(2,3)28/h6-7,17-18,21,27-28H,5,8-14H2,1-4H3/t17-,18+,21+,23+,24-,25+/m0/s1. The van der Waals surface area contributed by atoms with Gasteiger partial charge in [-0.15, -0.1) is 0 Å². The highest BCUT2D eigenvalue weighted by atomic mass is 16.6. The average molecular weight is 414 g/mol. The summed E-state index contributed by atoms with van der Waals surface area (Å²) in [5, 5.41) is 22.1. The third kappa shape index (κ3) is 1.89. The molecule has 2 heterocycles. The summed E-state index contributed by atoms with van der Waals surface area (Å²) >= 11 is 0. The largest absolute Gasteiger partial charge is 0.504 e. The van der Waals surface area contributed by atoms with Gasteiger partial charge in [0.15, 0.2) is 11.5 Å². The van der Waals surface area contributed by atoms with Gasteiger partial charge in [0, 0.05) is 35.5 Å². The lowest BCUT2D eigenvalue weighted by Crippen LogP contribution is -2.82. The lowest BCUT2D eigenvalue weighted by molar-refractivity contribution is -0.300. The van der Waals surface area contributed by atoms with Crippen molar-refractivity contribution >= 4 is 0 Å². The van der Waals surface area contributed by atoms with Gasteiger partial charge < -0.3 is 19.7 Å². The molecule has 7 rings (SSSR count). The van der Waals surface area contributed by atoms with Crippen LogP contribution < -0.4 is 4.74 Å². The van der Waals surface area contributed by atoms with E-state index < -0.39 is 11.2 Å². The van der Waals surface area contributed by atoms with Crippen LogP contribution >= 0.6 is 0 Å². The number of benzene rings is 1. The molecule has 6 atom stereocenters. The number of piperidine rings is 1. The molecule has 0 amide bonds. The van der Waals surface area contributed by atoms with Crippen LogP contribution in [-0.4, -0.2) is 58.7 Å². The molecule has 3 saturated carbocycles. The molecule has 30 heavy (non-hydrogen) atoms. The Morgan fingerprint density at radius 2 is 2.07 bits per heavy atom. The number of likely N-dealkylation sites (tertiary alicyclic amines) is 1. The van der Waals surface area contributed by atoms with Gasteiger partial charge in [0.25, 0.3) is 0 Å². The van der Waals surface area contributed by atoms with Crippen LogP contribution in [-0.2, 0) is 16.6 Å². The summed E-state index contributed by atoms with van der Waals surface area (Å²) in [5.74, 6) is 0.959. The molecular weight excluding hydrogens is 378 g/mol. The number of hydrogen-bond acceptors (Lipinski definition) is 5. The highest BCUT2D eigenvalue weighted by molar-refractivity contribution is 5.63. The topological polar surface area (TPSA) is 62.2 Å². The second kappa shape index (κ2) is 5.73. The fourth-order valence-corrected chi connectivity index (χ4v) is 8.94. The van der Waals surface area contributed by atoms with E-state index in [0.717, 1.165) is 51.6 Å². The average Bonchev–Trinajstić information content (AvgIpc) is 3.08. The first-order valence-corrected chi connectivity index (χ1v) is 11.8. The summed E-state index contributed by atoms with van der Waals surface area (Å²) in [6.45, 7) is 8.35. The predicted octanol–water partition coefficient (Wildman–Crippen LogP) is 3.39. The quantitative estimate of drug-likeness (QED) is 0.792. The first-order chi connectivity index (χ1) is 14.2. The highest BCUT2D eigenvalue weighted by Crippen LogP contribution is 2.77. The lowest BCUT2D eigenvalue weighted by Gasteiger charge is -2.74. The number of aliphatic hydroxyl groups is 1. The Hall–Kier alpha value is -1.30. The van der Waals surface area contributed by atoms with Crippen LogP contribution in [0.2, 0.25) is 0 Å². The van der Waals surface area contributed by atoms with E-state index in [-0.39, 0.29) is 28.6 Å². The van der Waals surface area contributed by atoms with Gasteiger partial charge in [-0.1, -0.05) is 13.0 Å². The van der Waals surface area contributed by atoms with Gasteiger partial charge in [0.2, 0.25) is 0 Å². The third-order valence-corrected chi connectivity index (χ3v) is 9.83. The number of nitrogens with zero attached hydrogens (tertiary/aromatic N) is 1. The molecule has 5 heteroatoms. The SMILES string of the molecule is CCCN1CC[C@]23c4c5ccc(O)c4O[C@H]2[C@@]2(OC)CC[C@@]3(C[C@H]2C(C)(C)O)[C@H]1C5. The normalized spacial score (nSPS) is 43.4. The van der Waals surface area contributed by atoms with E-state index in [2.05, 4.69) is 17.9 Å². The van der Waals surface area contributed by atoms with Gasteiger partial charge in [-0.05, 0) is 77.1 Å². The smallest absolute Gasteiger partial charge is 0.165 e. The maximum Gasteiger partial charge on any atom is 0.165 e. The van der Waals surface area contributed by atoms with Crippen LogP contribution in [0.3, 0.4) is 0 Å². The van der Waals surface area contributed by atoms with E-state index in [1.54, 1.807) is 7.11 Å². The van der Waals surface area contributed by atoms with E-state index in [1.807, 2.05) is 19.9 Å². The number of ether oxygens (including phenoxy) is 2. The van der Waals surface area contributed by atoms with Crippen LogP contribution in [0.25, 0.3) is 0 Å². The summed E-state index contributed by atoms with van der Waals surface area (Å²) in [5.41, 5.74) is 1.17. The van der Waals surface area contributed by atoms with Gasteiger partial charge in [-0.2, -0.15) is 0 Å². The first-order valence-electron chi connectivity index (χ1n) is 11.8. The van der Waals surface area contributed by atoms with Gasteiger partial charge in [-0.3, -0.25) is 4.90 Å². The van der Waals surface area contributed by atoms with E-state index in [0.29, 0.717) is 11.8 Å². The Balaban J connectivity index is 1.65. The van der Waals surface area contributed by atoms with Crippen molar-refractivity contribution in [1.29, 1.82) is 0 Å². The molecule has 4 bridgehead atoms. The summed E-state index contributed by atoms with van der Waals surface area (Å²) in [4.78, 5) is 2.72. The van der Waals surface area contributed by atoms with Crippen molar-refractivity contribution in [3.63, 3.8) is 0 Å². The van der Waals surface area contributed by atoms with Crippen LogP contribution in [0.5, 0.6) is 11.5 Å².